The van der Waals surface area contributed by atoms with Gasteiger partial charge in [0.2, 0.25) is 0 Å². The molecule has 0 bridgehead atoms. The van der Waals surface area contributed by atoms with Crippen LogP contribution in [0.25, 0.3) is 10.9 Å². The Labute approximate surface area is 180 Å². The third kappa shape index (κ3) is 3.28. The number of ether oxygens (including phenoxy) is 1. The molecule has 0 aliphatic carbocycles. The van der Waals surface area contributed by atoms with Gasteiger partial charge in [0.1, 0.15) is 11.7 Å². The van der Waals surface area contributed by atoms with Gasteiger partial charge in [0.05, 0.1) is 7.11 Å². The number of hydrogen-bond acceptors (Lipinski definition) is 3. The van der Waals surface area contributed by atoms with Crippen LogP contribution in [0.1, 0.15) is 21.6 Å². The average molecular weight is 410 g/mol. The number of hydrogen-bond donors (Lipinski definition) is 0. The van der Waals surface area contributed by atoms with E-state index in [1.165, 1.54) is 7.11 Å². The van der Waals surface area contributed by atoms with E-state index in [0.29, 0.717) is 18.7 Å². The van der Waals surface area contributed by atoms with E-state index in [1.54, 1.807) is 4.90 Å². The van der Waals surface area contributed by atoms with E-state index in [0.717, 1.165) is 27.7 Å². The number of nitrogens with zero attached hydrogens (tertiary/aromatic N) is 2. The molecule has 1 atom stereocenters. The molecule has 1 aliphatic heterocycles. The molecule has 3 aromatic carbocycles. The number of carbonyl (C=O) groups excluding carboxylic acids is 2. The number of anilines is 1. The predicted molar refractivity (Wildman–Crippen MR) is 120 cm³/mol. The minimum Gasteiger partial charge on any atom is -0.467 e. The maximum Gasteiger partial charge on any atom is 0.329 e. The first-order chi connectivity index (χ1) is 15.2. The third-order valence-electron chi connectivity index (χ3n) is 5.88. The van der Waals surface area contributed by atoms with Crippen molar-refractivity contribution in [1.82, 2.24) is 4.57 Å². The number of methoxy groups -OCH3 is 1. The lowest BCUT2D eigenvalue weighted by Crippen LogP contribution is -2.44. The molecule has 31 heavy (non-hydrogen) atoms. The second kappa shape index (κ2) is 7.76. The summed E-state index contributed by atoms with van der Waals surface area (Å²) in [7, 11) is 1.36. The molecule has 0 saturated heterocycles. The SMILES string of the molecule is COC(=O)C1Cc2ccccc2N1C(=O)c1cc2ccccc2n1Cc1ccccc1. The summed E-state index contributed by atoms with van der Waals surface area (Å²) in [5, 5.41) is 0.990. The van der Waals surface area contributed by atoms with Crippen molar-refractivity contribution in [3.8, 4) is 0 Å². The zero-order valence-corrected chi connectivity index (χ0v) is 17.2. The number of esters is 1. The fourth-order valence-corrected chi connectivity index (χ4v) is 4.41. The van der Waals surface area contributed by atoms with Crippen LogP contribution in [0.2, 0.25) is 0 Å². The smallest absolute Gasteiger partial charge is 0.329 e. The van der Waals surface area contributed by atoms with Gasteiger partial charge >= 0.3 is 5.97 Å². The van der Waals surface area contributed by atoms with Crippen molar-refractivity contribution in [2.75, 3.05) is 12.0 Å². The minimum atomic E-state index is -0.668. The number of rotatable bonds is 4. The second-order valence-electron chi connectivity index (χ2n) is 7.71. The van der Waals surface area contributed by atoms with Gasteiger partial charge in [-0.2, -0.15) is 0 Å². The first-order valence-electron chi connectivity index (χ1n) is 10.3. The molecule has 5 nitrogen and oxygen atoms in total. The summed E-state index contributed by atoms with van der Waals surface area (Å²) in [6.45, 7) is 0.563. The Morgan fingerprint density at radius 3 is 2.45 bits per heavy atom. The molecule has 1 unspecified atom stereocenters. The van der Waals surface area contributed by atoms with E-state index in [9.17, 15) is 9.59 Å². The highest BCUT2D eigenvalue weighted by Crippen LogP contribution is 2.35. The topological polar surface area (TPSA) is 51.5 Å². The molecular weight excluding hydrogens is 388 g/mol. The van der Waals surface area contributed by atoms with Crippen molar-refractivity contribution in [1.29, 1.82) is 0 Å². The number of aromatic nitrogens is 1. The lowest BCUT2D eigenvalue weighted by atomic mass is 10.1. The Morgan fingerprint density at radius 1 is 0.935 bits per heavy atom. The van der Waals surface area contributed by atoms with E-state index in [4.69, 9.17) is 4.74 Å². The summed E-state index contributed by atoms with van der Waals surface area (Å²) in [5.41, 5.74) is 4.37. The highest BCUT2D eigenvalue weighted by molar-refractivity contribution is 6.12. The van der Waals surface area contributed by atoms with Crippen LogP contribution < -0.4 is 4.90 Å². The average Bonchev–Trinajstić information content (AvgIpc) is 3.38. The maximum atomic E-state index is 13.9. The van der Waals surface area contributed by atoms with Gasteiger partial charge in [0.25, 0.3) is 5.91 Å². The summed E-state index contributed by atoms with van der Waals surface area (Å²) in [4.78, 5) is 28.1. The summed E-state index contributed by atoms with van der Waals surface area (Å²) in [6.07, 6.45) is 0.452. The van der Waals surface area contributed by atoms with Gasteiger partial charge in [-0.25, -0.2) is 4.79 Å². The molecule has 4 aromatic rings. The fourth-order valence-electron chi connectivity index (χ4n) is 4.41. The normalized spacial score (nSPS) is 15.1. The Balaban J connectivity index is 1.64. The summed E-state index contributed by atoms with van der Waals surface area (Å²) in [5.74, 6) is -0.609. The predicted octanol–water partition coefficient (Wildman–Crippen LogP) is 4.43. The van der Waals surface area contributed by atoms with Crippen LogP contribution in [-0.4, -0.2) is 29.6 Å². The van der Waals surface area contributed by atoms with E-state index < -0.39 is 12.0 Å². The van der Waals surface area contributed by atoms with Gasteiger partial charge in [-0.3, -0.25) is 9.69 Å². The number of amides is 1. The molecule has 2 heterocycles. The number of fused-ring (bicyclic) bond motifs is 2. The van der Waals surface area contributed by atoms with Crippen LogP contribution in [0, 0.1) is 0 Å². The monoisotopic (exact) mass is 410 g/mol. The first kappa shape index (κ1) is 19.1. The lowest BCUT2D eigenvalue weighted by Gasteiger charge is -2.24. The zero-order valence-electron chi connectivity index (χ0n) is 17.2. The van der Waals surface area contributed by atoms with Crippen LogP contribution in [0.3, 0.4) is 0 Å². The molecular formula is C26H22N2O3. The van der Waals surface area contributed by atoms with Crippen molar-refractivity contribution >= 4 is 28.5 Å². The number of benzene rings is 3. The quantitative estimate of drug-likeness (QED) is 0.468. The molecule has 0 saturated carbocycles. The number of carbonyl (C=O) groups is 2. The van der Waals surface area contributed by atoms with Crippen molar-refractivity contribution in [3.05, 3.63) is 102 Å². The molecule has 1 aliphatic rings. The summed E-state index contributed by atoms with van der Waals surface area (Å²) < 4.78 is 7.06. The first-order valence-corrected chi connectivity index (χ1v) is 10.3. The second-order valence-corrected chi connectivity index (χ2v) is 7.71. The molecule has 5 rings (SSSR count). The maximum absolute atomic E-state index is 13.9. The molecule has 0 radical (unpaired) electrons. The Hall–Kier alpha value is -3.86. The molecule has 154 valence electrons. The van der Waals surface area contributed by atoms with Crippen molar-refractivity contribution < 1.29 is 14.3 Å². The summed E-state index contributed by atoms with van der Waals surface area (Å²) in [6, 6.07) is 26.9. The standard InChI is InChI=1S/C26H22N2O3/c1-31-26(30)24-16-20-12-6-8-14-22(20)28(24)25(29)23-15-19-11-5-7-13-21(19)27(23)17-18-9-3-2-4-10-18/h2-15,24H,16-17H2,1H3. The molecule has 5 heteroatoms. The van der Waals surface area contributed by atoms with Crippen molar-refractivity contribution in [3.63, 3.8) is 0 Å². The van der Waals surface area contributed by atoms with Gasteiger partial charge < -0.3 is 9.30 Å². The highest BCUT2D eigenvalue weighted by atomic mass is 16.5. The van der Waals surface area contributed by atoms with E-state index in [2.05, 4.69) is 0 Å². The minimum absolute atomic E-state index is 0.201. The van der Waals surface area contributed by atoms with Gasteiger partial charge in [-0.1, -0.05) is 66.7 Å². The molecule has 1 aromatic heterocycles. The van der Waals surface area contributed by atoms with Crippen LogP contribution in [0.5, 0.6) is 0 Å². The van der Waals surface area contributed by atoms with Gasteiger partial charge in [0.15, 0.2) is 0 Å². The fraction of sp³-hybridized carbons (Fsp3) is 0.154. The summed E-state index contributed by atoms with van der Waals surface area (Å²) >= 11 is 0. The van der Waals surface area contributed by atoms with E-state index >= 15 is 0 Å². The lowest BCUT2D eigenvalue weighted by molar-refractivity contribution is -0.141. The van der Waals surface area contributed by atoms with Crippen LogP contribution in [-0.2, 0) is 22.5 Å². The Kier molecular flexibility index (Phi) is 4.79. The van der Waals surface area contributed by atoms with E-state index in [-0.39, 0.29) is 5.91 Å². The van der Waals surface area contributed by atoms with Crippen molar-refractivity contribution in [2.45, 2.75) is 19.0 Å². The molecule has 0 spiro atoms. The number of para-hydroxylation sites is 2. The van der Waals surface area contributed by atoms with E-state index in [1.807, 2.05) is 89.5 Å². The van der Waals surface area contributed by atoms with Crippen LogP contribution in [0.4, 0.5) is 5.69 Å². The van der Waals surface area contributed by atoms with Gasteiger partial charge in [-0.15, -0.1) is 0 Å². The van der Waals surface area contributed by atoms with Crippen LogP contribution >= 0.6 is 0 Å². The molecule has 0 N–H and O–H groups in total. The highest BCUT2D eigenvalue weighted by Gasteiger charge is 2.40. The van der Waals surface area contributed by atoms with Crippen LogP contribution in [0.15, 0.2) is 84.9 Å². The largest absolute Gasteiger partial charge is 0.467 e. The van der Waals surface area contributed by atoms with Gasteiger partial charge in [0, 0.05) is 29.6 Å². The Bertz CT molecular complexity index is 1280. The van der Waals surface area contributed by atoms with Crippen molar-refractivity contribution in [2.24, 2.45) is 0 Å². The Morgan fingerprint density at radius 2 is 1.65 bits per heavy atom. The third-order valence-corrected chi connectivity index (χ3v) is 5.88. The molecule has 0 fully saturated rings. The zero-order chi connectivity index (χ0) is 21.4. The van der Waals surface area contributed by atoms with Gasteiger partial charge in [-0.05, 0) is 29.3 Å². The molecule has 1 amide bonds.